The van der Waals surface area contributed by atoms with Crippen LogP contribution >= 0.6 is 0 Å². The van der Waals surface area contributed by atoms with E-state index in [-0.39, 0.29) is 17.2 Å². The molecule has 0 saturated carbocycles. The maximum Gasteiger partial charge on any atom is 0.301 e. The van der Waals surface area contributed by atoms with Crippen LogP contribution in [-0.2, 0) is 9.59 Å². The zero-order valence-corrected chi connectivity index (χ0v) is 18.6. The summed E-state index contributed by atoms with van der Waals surface area (Å²) in [4.78, 5) is 27.5. The van der Waals surface area contributed by atoms with E-state index in [2.05, 4.69) is 5.16 Å². The zero-order valence-electron chi connectivity index (χ0n) is 18.6. The van der Waals surface area contributed by atoms with Crippen molar-refractivity contribution in [1.29, 1.82) is 0 Å². The molecule has 3 aromatic rings. The molecule has 1 aliphatic heterocycles. The van der Waals surface area contributed by atoms with E-state index in [1.807, 2.05) is 6.92 Å². The average Bonchev–Trinajstić information content (AvgIpc) is 3.37. The van der Waals surface area contributed by atoms with E-state index in [0.717, 1.165) is 6.42 Å². The highest BCUT2D eigenvalue weighted by molar-refractivity contribution is 6.51. The molecule has 0 aliphatic carbocycles. The summed E-state index contributed by atoms with van der Waals surface area (Å²) in [6.07, 6.45) is 0.867. The third-order valence-electron chi connectivity index (χ3n) is 5.34. The smallest absolute Gasteiger partial charge is 0.301 e. The number of amides is 1. The van der Waals surface area contributed by atoms with Gasteiger partial charge in [-0.1, -0.05) is 30.3 Å². The summed E-state index contributed by atoms with van der Waals surface area (Å²) in [5, 5.41) is 15.1. The molecule has 1 aliphatic rings. The summed E-state index contributed by atoms with van der Waals surface area (Å²) in [5.74, 6) is -0.175. The molecule has 1 amide bonds. The number of hydrogen-bond acceptors (Lipinski definition) is 7. The highest BCUT2D eigenvalue weighted by Crippen LogP contribution is 2.44. The van der Waals surface area contributed by atoms with Gasteiger partial charge in [-0.05, 0) is 43.7 Å². The lowest BCUT2D eigenvalue weighted by Gasteiger charge is -2.24. The second-order valence-electron chi connectivity index (χ2n) is 7.58. The van der Waals surface area contributed by atoms with Crippen molar-refractivity contribution in [3.8, 4) is 11.5 Å². The van der Waals surface area contributed by atoms with Gasteiger partial charge in [-0.25, -0.2) is 0 Å². The molecule has 8 nitrogen and oxygen atoms in total. The maximum atomic E-state index is 13.2. The first-order valence-corrected chi connectivity index (χ1v) is 10.6. The van der Waals surface area contributed by atoms with Gasteiger partial charge in [0.05, 0.1) is 19.3 Å². The van der Waals surface area contributed by atoms with Crippen molar-refractivity contribution in [3.63, 3.8) is 0 Å². The highest BCUT2D eigenvalue weighted by Gasteiger charge is 2.49. The van der Waals surface area contributed by atoms with Crippen LogP contribution in [0.5, 0.6) is 11.5 Å². The fourth-order valence-electron chi connectivity index (χ4n) is 3.81. The minimum absolute atomic E-state index is 0.0626. The fraction of sp³-hybridized carbons (Fsp3) is 0.240. The van der Waals surface area contributed by atoms with Crippen molar-refractivity contribution in [2.75, 3.05) is 18.6 Å². The fourth-order valence-corrected chi connectivity index (χ4v) is 3.81. The molecule has 170 valence electrons. The largest absolute Gasteiger partial charge is 0.507 e. The summed E-state index contributed by atoms with van der Waals surface area (Å²) in [5.41, 5.74) is 0.852. The van der Waals surface area contributed by atoms with Gasteiger partial charge in [0.2, 0.25) is 0 Å². The lowest BCUT2D eigenvalue weighted by molar-refractivity contribution is -0.132. The Kier molecular flexibility index (Phi) is 6.17. The molecule has 1 aromatic heterocycles. The highest BCUT2D eigenvalue weighted by atomic mass is 16.5. The van der Waals surface area contributed by atoms with Crippen molar-refractivity contribution < 1.29 is 28.7 Å². The number of carbonyl (C=O) groups is 2. The van der Waals surface area contributed by atoms with Crippen LogP contribution in [0.15, 0.2) is 64.7 Å². The van der Waals surface area contributed by atoms with Crippen LogP contribution < -0.4 is 14.4 Å². The van der Waals surface area contributed by atoms with Gasteiger partial charge in [0, 0.05) is 17.2 Å². The SMILES string of the molecule is CCCOc1ccc(/C(O)=C2\C(=O)C(=O)N(c3cc(C)on3)C2c2ccccc2OC)cc1. The minimum atomic E-state index is -0.957. The Labute approximate surface area is 191 Å². The van der Waals surface area contributed by atoms with Gasteiger partial charge in [-0.2, -0.15) is 0 Å². The lowest BCUT2D eigenvalue weighted by Crippen LogP contribution is -2.29. The number of methoxy groups -OCH3 is 1. The third-order valence-corrected chi connectivity index (χ3v) is 5.34. The van der Waals surface area contributed by atoms with Crippen molar-refractivity contribution >= 4 is 23.3 Å². The Morgan fingerprint density at radius 2 is 1.88 bits per heavy atom. The van der Waals surface area contributed by atoms with Crippen molar-refractivity contribution in [2.45, 2.75) is 26.3 Å². The Bertz CT molecular complexity index is 1210. The number of ketones is 1. The Morgan fingerprint density at radius 3 is 2.52 bits per heavy atom. The van der Waals surface area contributed by atoms with Crippen LogP contribution in [-0.4, -0.2) is 35.7 Å². The topological polar surface area (TPSA) is 102 Å². The molecular formula is C25H24N2O6. The van der Waals surface area contributed by atoms with Crippen LogP contribution in [0.1, 0.15) is 36.3 Å². The Balaban J connectivity index is 1.87. The number of ether oxygens (including phenoxy) is 2. The van der Waals surface area contributed by atoms with Crippen molar-refractivity contribution in [2.24, 2.45) is 0 Å². The first-order chi connectivity index (χ1) is 16.0. The number of para-hydroxylation sites is 1. The first-order valence-electron chi connectivity index (χ1n) is 10.6. The quantitative estimate of drug-likeness (QED) is 0.325. The number of rotatable bonds is 7. The molecule has 0 bridgehead atoms. The lowest BCUT2D eigenvalue weighted by atomic mass is 9.94. The van der Waals surface area contributed by atoms with Crippen molar-refractivity contribution in [3.05, 3.63) is 77.1 Å². The van der Waals surface area contributed by atoms with E-state index in [1.165, 1.54) is 12.0 Å². The normalized spacial score (nSPS) is 17.4. The number of aliphatic hydroxyl groups excluding tert-OH is 1. The molecular weight excluding hydrogens is 424 g/mol. The predicted octanol–water partition coefficient (Wildman–Crippen LogP) is 4.41. The molecule has 1 atom stereocenters. The van der Waals surface area contributed by atoms with Gasteiger partial charge in [0.25, 0.3) is 5.78 Å². The second-order valence-corrected chi connectivity index (χ2v) is 7.58. The van der Waals surface area contributed by atoms with E-state index in [1.54, 1.807) is 61.5 Å². The van der Waals surface area contributed by atoms with Gasteiger partial charge >= 0.3 is 5.91 Å². The Hall–Kier alpha value is -4.07. The molecule has 1 N–H and O–H groups in total. The molecule has 1 saturated heterocycles. The molecule has 0 spiro atoms. The molecule has 4 rings (SSSR count). The first kappa shape index (κ1) is 22.1. The minimum Gasteiger partial charge on any atom is -0.507 e. The average molecular weight is 448 g/mol. The summed E-state index contributed by atoms with van der Waals surface area (Å²) < 4.78 is 16.2. The number of anilines is 1. The van der Waals surface area contributed by atoms with Crippen LogP contribution in [0.2, 0.25) is 0 Å². The second kappa shape index (κ2) is 9.20. The summed E-state index contributed by atoms with van der Waals surface area (Å²) >= 11 is 0. The summed E-state index contributed by atoms with van der Waals surface area (Å²) in [6, 6.07) is 14.3. The molecule has 2 heterocycles. The Morgan fingerprint density at radius 1 is 1.15 bits per heavy atom. The number of aromatic nitrogens is 1. The van der Waals surface area contributed by atoms with Crippen LogP contribution in [0, 0.1) is 6.92 Å². The maximum absolute atomic E-state index is 13.2. The summed E-state index contributed by atoms with van der Waals surface area (Å²) in [7, 11) is 1.50. The number of Topliss-reactive ketones (excluding diaryl/α,β-unsaturated/α-hetero) is 1. The summed E-state index contributed by atoms with van der Waals surface area (Å²) in [6.45, 7) is 4.27. The number of carbonyl (C=O) groups excluding carboxylic acids is 2. The monoisotopic (exact) mass is 448 g/mol. The number of benzene rings is 2. The van der Waals surface area contributed by atoms with Gasteiger partial charge < -0.3 is 19.1 Å². The molecule has 0 radical (unpaired) electrons. The van der Waals surface area contributed by atoms with E-state index >= 15 is 0 Å². The molecule has 1 unspecified atom stereocenters. The van der Waals surface area contributed by atoms with Gasteiger partial charge in [-0.3, -0.25) is 14.5 Å². The third kappa shape index (κ3) is 4.07. The number of nitrogens with zero attached hydrogens (tertiary/aromatic N) is 2. The van der Waals surface area contributed by atoms with E-state index < -0.39 is 17.7 Å². The molecule has 1 fully saturated rings. The zero-order chi connectivity index (χ0) is 23.5. The number of hydrogen-bond donors (Lipinski definition) is 1. The van der Waals surface area contributed by atoms with Crippen LogP contribution in [0.3, 0.4) is 0 Å². The van der Waals surface area contributed by atoms with Gasteiger partial charge in [0.15, 0.2) is 5.82 Å². The standard InChI is InChI=1S/C25H24N2O6/c1-4-13-32-17-11-9-16(10-12-17)23(28)21-22(18-7-5-6-8-19(18)31-3)27(25(30)24(21)29)20-14-15(2)33-26-20/h5-12,14,22,28H,4,13H2,1-3H3/b23-21+. The van der Waals surface area contributed by atoms with E-state index in [4.69, 9.17) is 14.0 Å². The molecule has 8 heteroatoms. The van der Waals surface area contributed by atoms with E-state index in [0.29, 0.717) is 35.0 Å². The number of aliphatic hydroxyl groups is 1. The number of aryl methyl sites for hydroxylation is 1. The van der Waals surface area contributed by atoms with Gasteiger partial charge in [0.1, 0.15) is 29.1 Å². The van der Waals surface area contributed by atoms with E-state index in [9.17, 15) is 14.7 Å². The van der Waals surface area contributed by atoms with Gasteiger partial charge in [-0.15, -0.1) is 0 Å². The predicted molar refractivity (Wildman–Crippen MR) is 121 cm³/mol. The van der Waals surface area contributed by atoms with Crippen LogP contribution in [0.4, 0.5) is 5.82 Å². The molecule has 2 aromatic carbocycles. The molecule has 33 heavy (non-hydrogen) atoms. The van der Waals surface area contributed by atoms with Crippen molar-refractivity contribution in [1.82, 2.24) is 5.16 Å². The van der Waals surface area contributed by atoms with Crippen LogP contribution in [0.25, 0.3) is 5.76 Å².